The van der Waals surface area contributed by atoms with Crippen LogP contribution in [0.25, 0.3) is 21.9 Å². The highest BCUT2D eigenvalue weighted by atomic mass is 19.1. The van der Waals surface area contributed by atoms with Gasteiger partial charge in [0.25, 0.3) is 0 Å². The van der Waals surface area contributed by atoms with Gasteiger partial charge in [0.1, 0.15) is 28.2 Å². The number of hydrogen-bond donors (Lipinski definition) is 2. The van der Waals surface area contributed by atoms with E-state index >= 15 is 4.39 Å². The predicted octanol–water partition coefficient (Wildman–Crippen LogP) is 2.34. The predicted molar refractivity (Wildman–Crippen MR) is 106 cm³/mol. The fraction of sp³-hybridized carbons (Fsp3) is 0.350. The smallest absolute Gasteiger partial charge is 0.341 e. The zero-order valence-electron chi connectivity index (χ0n) is 16.0. The minimum Gasteiger partial charge on any atom is -0.477 e. The number of aromatic carboxylic acids is 1. The molecule has 1 aliphatic heterocycles. The highest BCUT2D eigenvalue weighted by molar-refractivity contribution is 5.97. The van der Waals surface area contributed by atoms with Gasteiger partial charge < -0.3 is 19.9 Å². The topological polar surface area (TPSA) is 87.5 Å². The molecule has 2 N–H and O–H groups in total. The molecule has 0 aliphatic carbocycles. The van der Waals surface area contributed by atoms with E-state index in [1.165, 1.54) is 16.8 Å². The molecule has 0 atom stereocenters. The summed E-state index contributed by atoms with van der Waals surface area (Å²) in [4.78, 5) is 29.8. The van der Waals surface area contributed by atoms with Crippen LogP contribution in [0.1, 0.15) is 24.2 Å². The molecule has 29 heavy (non-hydrogen) atoms. The second-order valence-electron chi connectivity index (χ2n) is 7.07. The maximum absolute atomic E-state index is 15.2. The van der Waals surface area contributed by atoms with E-state index in [0.717, 1.165) is 12.6 Å². The first-order chi connectivity index (χ1) is 13.8. The number of carboxylic acid groups (broad SMARTS) is 1. The molecule has 2 aromatic heterocycles. The van der Waals surface area contributed by atoms with Crippen LogP contribution in [-0.2, 0) is 6.54 Å². The van der Waals surface area contributed by atoms with E-state index in [1.54, 1.807) is 11.8 Å². The van der Waals surface area contributed by atoms with Gasteiger partial charge in [0.05, 0.1) is 5.39 Å². The molecule has 3 heterocycles. The molecule has 0 spiro atoms. The number of benzene rings is 1. The standard InChI is InChI=1S/C20H20F2N4O3/c1-3-23-11-7-26(8-11)17-14(21)6-10-5-12-18(27)13(20(28)29)9-25(4-2)19(12)24-16(10)15(17)22/h5-6,9,11,23H,3-4,7-8H2,1-2H3,(H,28,29). The lowest BCUT2D eigenvalue weighted by Gasteiger charge is -2.41. The molecule has 152 valence electrons. The Morgan fingerprint density at radius 1 is 1.31 bits per heavy atom. The molecular weight excluding hydrogens is 382 g/mol. The Morgan fingerprint density at radius 2 is 2.03 bits per heavy atom. The Balaban J connectivity index is 1.93. The van der Waals surface area contributed by atoms with Crippen molar-refractivity contribution in [3.63, 3.8) is 0 Å². The zero-order chi connectivity index (χ0) is 20.9. The van der Waals surface area contributed by atoms with Gasteiger partial charge in [0.2, 0.25) is 5.43 Å². The summed E-state index contributed by atoms with van der Waals surface area (Å²) in [6.07, 6.45) is 1.20. The van der Waals surface area contributed by atoms with Crippen molar-refractivity contribution in [3.8, 4) is 0 Å². The van der Waals surface area contributed by atoms with Crippen molar-refractivity contribution in [2.45, 2.75) is 26.4 Å². The van der Waals surface area contributed by atoms with Crippen LogP contribution in [0, 0.1) is 11.6 Å². The first-order valence-electron chi connectivity index (χ1n) is 9.43. The van der Waals surface area contributed by atoms with Gasteiger partial charge in [-0.1, -0.05) is 6.92 Å². The van der Waals surface area contributed by atoms with E-state index in [1.807, 2.05) is 6.92 Å². The number of rotatable bonds is 5. The fourth-order valence-corrected chi connectivity index (χ4v) is 3.80. The van der Waals surface area contributed by atoms with Crippen LogP contribution in [0.2, 0.25) is 0 Å². The van der Waals surface area contributed by atoms with Gasteiger partial charge in [-0.2, -0.15) is 0 Å². The Hall–Kier alpha value is -3.07. The molecule has 3 aromatic rings. The number of pyridine rings is 2. The minimum absolute atomic E-state index is 0.0157. The van der Waals surface area contributed by atoms with Crippen molar-refractivity contribution >= 4 is 33.6 Å². The number of halogens is 2. The summed E-state index contributed by atoms with van der Waals surface area (Å²) in [5.41, 5.74) is -1.15. The van der Waals surface area contributed by atoms with Gasteiger partial charge in [0, 0.05) is 37.3 Å². The molecule has 0 saturated carbocycles. The van der Waals surface area contributed by atoms with E-state index in [-0.39, 0.29) is 33.7 Å². The maximum Gasteiger partial charge on any atom is 0.341 e. The maximum atomic E-state index is 15.2. The third kappa shape index (κ3) is 3.02. The quantitative estimate of drug-likeness (QED) is 0.637. The molecule has 4 rings (SSSR count). The number of fused-ring (bicyclic) bond motifs is 2. The van der Waals surface area contributed by atoms with Gasteiger partial charge in [-0.15, -0.1) is 0 Å². The van der Waals surface area contributed by atoms with Crippen LogP contribution < -0.4 is 15.6 Å². The lowest BCUT2D eigenvalue weighted by Crippen LogP contribution is -2.58. The monoisotopic (exact) mass is 402 g/mol. The minimum atomic E-state index is -1.36. The molecule has 0 bridgehead atoms. The lowest BCUT2D eigenvalue weighted by atomic mass is 10.0. The number of likely N-dealkylation sites (N-methyl/N-ethyl adjacent to an activating group) is 1. The number of aryl methyl sites for hydroxylation is 1. The summed E-state index contributed by atoms with van der Waals surface area (Å²) < 4.78 is 31.4. The summed E-state index contributed by atoms with van der Waals surface area (Å²) in [5, 5.41) is 12.6. The number of carbonyl (C=O) groups is 1. The summed E-state index contributed by atoms with van der Waals surface area (Å²) in [6, 6.07) is 2.63. The second-order valence-corrected chi connectivity index (χ2v) is 7.07. The molecule has 7 nitrogen and oxygen atoms in total. The highest BCUT2D eigenvalue weighted by Crippen LogP contribution is 2.33. The Kier molecular flexibility index (Phi) is 4.70. The van der Waals surface area contributed by atoms with Crippen LogP contribution in [0.5, 0.6) is 0 Å². The van der Waals surface area contributed by atoms with Gasteiger partial charge in [-0.3, -0.25) is 4.79 Å². The molecule has 0 amide bonds. The van der Waals surface area contributed by atoms with Crippen molar-refractivity contribution in [2.75, 3.05) is 24.5 Å². The molecule has 1 fully saturated rings. The average molecular weight is 402 g/mol. The molecule has 0 radical (unpaired) electrons. The molecule has 1 aromatic carbocycles. The number of carboxylic acids is 1. The molecule has 1 saturated heterocycles. The largest absolute Gasteiger partial charge is 0.477 e. The van der Waals surface area contributed by atoms with Crippen molar-refractivity contribution in [3.05, 3.63) is 45.8 Å². The second kappa shape index (κ2) is 7.07. The van der Waals surface area contributed by atoms with Crippen LogP contribution in [0.4, 0.5) is 14.5 Å². The van der Waals surface area contributed by atoms with Crippen molar-refractivity contribution in [2.24, 2.45) is 0 Å². The number of hydrogen-bond acceptors (Lipinski definition) is 5. The van der Waals surface area contributed by atoms with E-state index in [4.69, 9.17) is 0 Å². The van der Waals surface area contributed by atoms with E-state index in [9.17, 15) is 19.1 Å². The van der Waals surface area contributed by atoms with Crippen molar-refractivity contribution in [1.82, 2.24) is 14.9 Å². The SMILES string of the molecule is CCNC1CN(c2c(F)cc3cc4c(=O)c(C(=O)O)cn(CC)c4nc3c2F)C1. The third-order valence-corrected chi connectivity index (χ3v) is 5.26. The van der Waals surface area contributed by atoms with Crippen LogP contribution >= 0.6 is 0 Å². The lowest BCUT2D eigenvalue weighted by molar-refractivity contribution is 0.0695. The highest BCUT2D eigenvalue weighted by Gasteiger charge is 2.31. The first kappa shape index (κ1) is 19.3. The number of nitrogens with zero attached hydrogens (tertiary/aromatic N) is 3. The van der Waals surface area contributed by atoms with Gasteiger partial charge in [-0.05, 0) is 25.6 Å². The summed E-state index contributed by atoms with van der Waals surface area (Å²) in [6.45, 7) is 5.82. The fourth-order valence-electron chi connectivity index (χ4n) is 3.80. The summed E-state index contributed by atoms with van der Waals surface area (Å²) in [5.74, 6) is -2.88. The summed E-state index contributed by atoms with van der Waals surface area (Å²) >= 11 is 0. The number of aromatic nitrogens is 2. The van der Waals surface area contributed by atoms with Crippen molar-refractivity contribution < 1.29 is 18.7 Å². The van der Waals surface area contributed by atoms with Crippen LogP contribution in [-0.4, -0.2) is 46.3 Å². The van der Waals surface area contributed by atoms with Gasteiger partial charge >= 0.3 is 5.97 Å². The van der Waals surface area contributed by atoms with Crippen molar-refractivity contribution in [1.29, 1.82) is 0 Å². The number of nitrogens with one attached hydrogen (secondary N) is 1. The Morgan fingerprint density at radius 3 is 2.66 bits per heavy atom. The molecule has 0 unspecified atom stereocenters. The van der Waals surface area contributed by atoms with E-state index < -0.39 is 28.6 Å². The Bertz CT molecular complexity index is 1200. The van der Waals surface area contributed by atoms with Crippen LogP contribution in [0.15, 0.2) is 23.1 Å². The normalized spacial score (nSPS) is 14.6. The molecule has 1 aliphatic rings. The van der Waals surface area contributed by atoms with E-state index in [2.05, 4.69) is 10.3 Å². The zero-order valence-corrected chi connectivity index (χ0v) is 16.0. The van der Waals surface area contributed by atoms with E-state index in [0.29, 0.717) is 19.6 Å². The molecule has 9 heteroatoms. The first-order valence-corrected chi connectivity index (χ1v) is 9.43. The van der Waals surface area contributed by atoms with Crippen LogP contribution in [0.3, 0.4) is 0 Å². The molecular formula is C20H20F2N4O3. The third-order valence-electron chi connectivity index (χ3n) is 5.26. The average Bonchev–Trinajstić information content (AvgIpc) is 2.65. The Labute approximate surface area is 164 Å². The number of anilines is 1. The van der Waals surface area contributed by atoms with Gasteiger partial charge in [-0.25, -0.2) is 18.6 Å². The summed E-state index contributed by atoms with van der Waals surface area (Å²) in [7, 11) is 0. The van der Waals surface area contributed by atoms with Gasteiger partial charge in [0.15, 0.2) is 5.82 Å².